The maximum atomic E-state index is 10.3. The first-order valence-electron chi connectivity index (χ1n) is 2.73. The smallest absolute Gasteiger partial charge is 1.00 e. The van der Waals surface area contributed by atoms with E-state index in [-0.39, 0.29) is 31.6 Å². The number of para-hydroxylation sites is 1. The minimum absolute atomic E-state index is 0. The molecule has 2 N–H and O–H groups in total. The number of aromatic carboxylic acids is 1. The Kier molecular flexibility index (Phi) is 3.73. The summed E-state index contributed by atoms with van der Waals surface area (Å²) in [5, 5.41) is 17.3. The van der Waals surface area contributed by atoms with E-state index in [0.29, 0.717) is 0 Å². The summed E-state index contributed by atoms with van der Waals surface area (Å²) in [4.78, 5) is 10.3. The molecule has 54 valence electrons. The van der Waals surface area contributed by atoms with E-state index in [2.05, 4.69) is 0 Å². The Labute approximate surface area is 77.3 Å². The summed E-state index contributed by atoms with van der Waals surface area (Å²) in [5.41, 5.74) is -0.0671. The van der Waals surface area contributed by atoms with Gasteiger partial charge in [0, 0.05) is 0 Å². The molecular weight excluding hydrogens is 139 g/mol. The van der Waals surface area contributed by atoms with Gasteiger partial charge in [-0.2, -0.15) is 0 Å². The number of phenols is 1. The second-order valence-electron chi connectivity index (χ2n) is 1.82. The Hall–Kier alpha value is -0.913. The van der Waals surface area contributed by atoms with Crippen LogP contribution in [0.3, 0.4) is 0 Å². The molecule has 0 radical (unpaired) electrons. The molecule has 0 fully saturated rings. The number of rotatable bonds is 1. The van der Waals surface area contributed by atoms with Gasteiger partial charge in [-0.05, 0) is 12.1 Å². The Bertz CT molecular complexity index is 265. The Balaban J connectivity index is 0. The Morgan fingerprint density at radius 2 is 1.91 bits per heavy atom. The monoisotopic (exact) mass is 146 g/mol. The van der Waals surface area contributed by atoms with Gasteiger partial charge in [0.2, 0.25) is 0 Å². The fraction of sp³-hybridized carbons (Fsp3) is 0. The van der Waals surface area contributed by atoms with Crippen LogP contribution in [0.15, 0.2) is 24.3 Å². The number of benzene rings is 1. The van der Waals surface area contributed by atoms with Gasteiger partial charge < -0.3 is 11.6 Å². The number of hydrogen-bond acceptors (Lipinski definition) is 2. The predicted octanol–water partition coefficient (Wildman–Crippen LogP) is -1.79. The first-order chi connectivity index (χ1) is 4.72. The molecule has 0 spiro atoms. The van der Waals surface area contributed by atoms with Gasteiger partial charge in [-0.15, -0.1) is 0 Å². The summed E-state index contributed by atoms with van der Waals surface area (Å²) in [6.07, 6.45) is 0. The standard InChI is InChI=1S/C7H6O3.Li.H/c8-6-4-2-1-3-5(6)7(9)10;;/h1-4,8H,(H,9,10);;/q;+1;-1. The van der Waals surface area contributed by atoms with Crippen LogP contribution in [0.5, 0.6) is 5.75 Å². The van der Waals surface area contributed by atoms with Crippen molar-refractivity contribution in [3.05, 3.63) is 29.8 Å². The molecule has 0 saturated heterocycles. The summed E-state index contributed by atoms with van der Waals surface area (Å²) >= 11 is 0. The van der Waals surface area contributed by atoms with Crippen molar-refractivity contribution in [2.24, 2.45) is 0 Å². The maximum Gasteiger partial charge on any atom is 1.00 e. The van der Waals surface area contributed by atoms with Crippen LogP contribution in [0, 0.1) is 0 Å². The molecule has 0 aromatic heterocycles. The largest absolute Gasteiger partial charge is 1.00 e. The molecule has 1 aromatic rings. The van der Waals surface area contributed by atoms with E-state index in [0.717, 1.165) is 0 Å². The average molecular weight is 146 g/mol. The summed E-state index contributed by atoms with van der Waals surface area (Å²) in [7, 11) is 0. The molecule has 1 aromatic carbocycles. The second-order valence-corrected chi connectivity index (χ2v) is 1.82. The van der Waals surface area contributed by atoms with Gasteiger partial charge in [0.1, 0.15) is 11.3 Å². The summed E-state index contributed by atoms with van der Waals surface area (Å²) in [5.74, 6) is -1.31. The number of carbonyl (C=O) groups is 1. The molecular formula is C7H7LiO3. The molecule has 0 amide bonds. The Morgan fingerprint density at radius 1 is 1.36 bits per heavy atom. The quantitative estimate of drug-likeness (QED) is 0.460. The molecule has 0 bridgehead atoms. The zero-order chi connectivity index (χ0) is 7.56. The topological polar surface area (TPSA) is 57.5 Å². The van der Waals surface area contributed by atoms with Gasteiger partial charge in [-0.3, -0.25) is 0 Å². The van der Waals surface area contributed by atoms with Crippen molar-refractivity contribution in [1.82, 2.24) is 0 Å². The van der Waals surface area contributed by atoms with Gasteiger partial charge in [-0.25, -0.2) is 4.79 Å². The van der Waals surface area contributed by atoms with Crippen LogP contribution in [-0.4, -0.2) is 16.2 Å². The zero-order valence-corrected chi connectivity index (χ0v) is 6.11. The van der Waals surface area contributed by atoms with Crippen molar-refractivity contribution >= 4 is 5.97 Å². The SMILES string of the molecule is O=C(O)c1ccccc1O.[H-].[Li+]. The maximum absolute atomic E-state index is 10.3. The Morgan fingerprint density at radius 3 is 2.27 bits per heavy atom. The van der Waals surface area contributed by atoms with E-state index in [1.54, 1.807) is 12.1 Å². The molecule has 0 atom stereocenters. The summed E-state index contributed by atoms with van der Waals surface area (Å²) in [6.45, 7) is 0. The molecule has 1 rings (SSSR count). The third-order valence-electron chi connectivity index (χ3n) is 1.13. The van der Waals surface area contributed by atoms with Gasteiger partial charge >= 0.3 is 24.8 Å². The van der Waals surface area contributed by atoms with E-state index in [4.69, 9.17) is 10.2 Å². The predicted molar refractivity (Wildman–Crippen MR) is 36.2 cm³/mol. The van der Waals surface area contributed by atoms with E-state index in [9.17, 15) is 4.79 Å². The third-order valence-corrected chi connectivity index (χ3v) is 1.13. The number of carboxylic acids is 1. The van der Waals surface area contributed by atoms with Crippen LogP contribution in [-0.2, 0) is 0 Å². The molecule has 0 unspecified atom stereocenters. The fourth-order valence-corrected chi connectivity index (χ4v) is 0.654. The van der Waals surface area contributed by atoms with Crippen molar-refractivity contribution in [3.8, 4) is 5.75 Å². The number of carboxylic acid groups (broad SMARTS) is 1. The van der Waals surface area contributed by atoms with E-state index < -0.39 is 5.97 Å². The first-order valence-corrected chi connectivity index (χ1v) is 2.73. The van der Waals surface area contributed by atoms with Crippen LogP contribution >= 0.6 is 0 Å². The third kappa shape index (κ3) is 2.30. The van der Waals surface area contributed by atoms with Crippen molar-refractivity contribution in [2.45, 2.75) is 0 Å². The number of aromatic hydroxyl groups is 1. The second kappa shape index (κ2) is 4.07. The van der Waals surface area contributed by atoms with Crippen molar-refractivity contribution in [3.63, 3.8) is 0 Å². The number of hydrogen-bond donors (Lipinski definition) is 2. The van der Waals surface area contributed by atoms with Crippen LogP contribution in [0.4, 0.5) is 0 Å². The van der Waals surface area contributed by atoms with E-state index >= 15 is 0 Å². The minimum atomic E-state index is -1.11. The first kappa shape index (κ1) is 10.1. The fourth-order valence-electron chi connectivity index (χ4n) is 0.654. The van der Waals surface area contributed by atoms with Gasteiger partial charge in [0.25, 0.3) is 0 Å². The van der Waals surface area contributed by atoms with Gasteiger partial charge in [-0.1, -0.05) is 12.1 Å². The molecule has 4 heteroatoms. The van der Waals surface area contributed by atoms with Crippen LogP contribution < -0.4 is 18.9 Å². The molecule has 11 heavy (non-hydrogen) atoms. The normalized spacial score (nSPS) is 8.36. The van der Waals surface area contributed by atoms with E-state index in [1.165, 1.54) is 12.1 Å². The van der Waals surface area contributed by atoms with Gasteiger partial charge in [0.15, 0.2) is 0 Å². The average Bonchev–Trinajstić information content (AvgIpc) is 1.88. The molecule has 0 saturated carbocycles. The van der Waals surface area contributed by atoms with Crippen LogP contribution in [0.2, 0.25) is 0 Å². The summed E-state index contributed by atoms with van der Waals surface area (Å²) < 4.78 is 0. The molecule has 0 aliphatic carbocycles. The molecule has 0 aliphatic rings. The molecule has 3 nitrogen and oxygen atoms in total. The van der Waals surface area contributed by atoms with Crippen molar-refractivity contribution < 1.29 is 35.3 Å². The van der Waals surface area contributed by atoms with Crippen molar-refractivity contribution in [1.29, 1.82) is 0 Å². The minimum Gasteiger partial charge on any atom is -1.00 e. The van der Waals surface area contributed by atoms with Crippen molar-refractivity contribution in [2.75, 3.05) is 0 Å². The molecule has 0 aliphatic heterocycles. The zero-order valence-electron chi connectivity index (χ0n) is 7.11. The van der Waals surface area contributed by atoms with Crippen LogP contribution in [0.1, 0.15) is 11.8 Å². The van der Waals surface area contributed by atoms with Gasteiger partial charge in [0.05, 0.1) is 0 Å². The molecule has 0 heterocycles. The summed E-state index contributed by atoms with van der Waals surface area (Å²) in [6, 6.07) is 5.81. The van der Waals surface area contributed by atoms with E-state index in [1.807, 2.05) is 0 Å². The van der Waals surface area contributed by atoms with Crippen LogP contribution in [0.25, 0.3) is 0 Å².